The van der Waals surface area contributed by atoms with Crippen molar-refractivity contribution in [2.24, 2.45) is 5.92 Å². The summed E-state index contributed by atoms with van der Waals surface area (Å²) < 4.78 is 0. The van der Waals surface area contributed by atoms with Gasteiger partial charge in [0.1, 0.15) is 6.10 Å². The van der Waals surface area contributed by atoms with E-state index < -0.39 is 6.10 Å². The SMILES string of the molecule is CC(C)C(O)C(=O)N(C(C)C)C(C)C. The number of aliphatic hydroxyl groups excluding tert-OH is 1. The van der Waals surface area contributed by atoms with Crippen molar-refractivity contribution in [2.45, 2.75) is 59.7 Å². The zero-order valence-corrected chi connectivity index (χ0v) is 10.1. The lowest BCUT2D eigenvalue weighted by atomic mass is 10.0. The van der Waals surface area contributed by atoms with E-state index in [1.165, 1.54) is 0 Å². The highest BCUT2D eigenvalue weighted by atomic mass is 16.3. The number of hydrogen-bond donors (Lipinski definition) is 1. The Morgan fingerprint density at radius 1 is 1.00 bits per heavy atom. The highest BCUT2D eigenvalue weighted by Crippen LogP contribution is 2.12. The van der Waals surface area contributed by atoms with Crippen LogP contribution in [0.25, 0.3) is 0 Å². The zero-order valence-electron chi connectivity index (χ0n) is 10.1. The minimum absolute atomic E-state index is 0.0255. The van der Waals surface area contributed by atoms with Gasteiger partial charge in [0.25, 0.3) is 5.91 Å². The first-order valence-electron chi connectivity index (χ1n) is 5.29. The third-order valence-corrected chi connectivity index (χ3v) is 2.25. The van der Waals surface area contributed by atoms with Crippen LogP contribution >= 0.6 is 0 Å². The minimum Gasteiger partial charge on any atom is -0.383 e. The largest absolute Gasteiger partial charge is 0.383 e. The standard InChI is InChI=1S/C11H23NO2/c1-7(2)10(13)11(14)12(8(3)4)9(5)6/h7-10,13H,1-6H3. The fraction of sp³-hybridized carbons (Fsp3) is 0.909. The molecule has 1 atom stereocenters. The van der Waals surface area contributed by atoms with Gasteiger partial charge in [-0.3, -0.25) is 4.79 Å². The van der Waals surface area contributed by atoms with E-state index in [9.17, 15) is 9.90 Å². The van der Waals surface area contributed by atoms with Crippen molar-refractivity contribution in [2.75, 3.05) is 0 Å². The van der Waals surface area contributed by atoms with Gasteiger partial charge in [-0.05, 0) is 33.6 Å². The molecule has 3 heteroatoms. The number of nitrogens with zero attached hydrogens (tertiary/aromatic N) is 1. The molecule has 0 bridgehead atoms. The summed E-state index contributed by atoms with van der Waals surface area (Å²) >= 11 is 0. The van der Waals surface area contributed by atoms with Crippen LogP contribution in [-0.4, -0.2) is 34.1 Å². The van der Waals surface area contributed by atoms with Crippen LogP contribution in [0.2, 0.25) is 0 Å². The second-order valence-corrected chi connectivity index (χ2v) is 4.62. The second kappa shape index (κ2) is 5.35. The number of rotatable bonds is 4. The lowest BCUT2D eigenvalue weighted by Crippen LogP contribution is -2.48. The molecule has 1 N–H and O–H groups in total. The maximum absolute atomic E-state index is 11.8. The van der Waals surface area contributed by atoms with Crippen LogP contribution in [0.1, 0.15) is 41.5 Å². The fourth-order valence-electron chi connectivity index (χ4n) is 1.54. The van der Waals surface area contributed by atoms with Gasteiger partial charge in [-0.2, -0.15) is 0 Å². The van der Waals surface area contributed by atoms with E-state index >= 15 is 0 Å². The Hall–Kier alpha value is -0.570. The maximum atomic E-state index is 11.8. The molecule has 3 nitrogen and oxygen atoms in total. The molecule has 0 saturated carbocycles. The molecule has 0 aliphatic rings. The van der Waals surface area contributed by atoms with Gasteiger partial charge in [0.15, 0.2) is 0 Å². The molecule has 0 spiro atoms. The molecule has 84 valence electrons. The average Bonchev–Trinajstić information content (AvgIpc) is 2.01. The first-order chi connectivity index (χ1) is 6.29. The van der Waals surface area contributed by atoms with Crippen molar-refractivity contribution in [3.63, 3.8) is 0 Å². The van der Waals surface area contributed by atoms with Gasteiger partial charge in [0, 0.05) is 12.1 Å². The first-order valence-corrected chi connectivity index (χ1v) is 5.29. The summed E-state index contributed by atoms with van der Waals surface area (Å²) in [5.41, 5.74) is 0. The predicted octanol–water partition coefficient (Wildman–Crippen LogP) is 1.65. The van der Waals surface area contributed by atoms with Gasteiger partial charge in [-0.15, -0.1) is 0 Å². The van der Waals surface area contributed by atoms with E-state index in [2.05, 4.69) is 0 Å². The minimum atomic E-state index is -0.875. The van der Waals surface area contributed by atoms with Crippen molar-refractivity contribution in [1.29, 1.82) is 0 Å². The highest BCUT2D eigenvalue weighted by Gasteiger charge is 2.28. The van der Waals surface area contributed by atoms with Crippen molar-refractivity contribution in [3.8, 4) is 0 Å². The Morgan fingerprint density at radius 3 is 1.57 bits per heavy atom. The molecule has 1 unspecified atom stereocenters. The molecule has 0 rings (SSSR count). The molecule has 0 radical (unpaired) electrons. The summed E-state index contributed by atoms with van der Waals surface area (Å²) in [7, 11) is 0. The van der Waals surface area contributed by atoms with Crippen LogP contribution < -0.4 is 0 Å². The molecule has 0 aliphatic carbocycles. The molecule has 0 aromatic carbocycles. The highest BCUT2D eigenvalue weighted by molar-refractivity contribution is 5.81. The van der Waals surface area contributed by atoms with E-state index in [1.54, 1.807) is 4.90 Å². The van der Waals surface area contributed by atoms with E-state index in [4.69, 9.17) is 0 Å². The van der Waals surface area contributed by atoms with Crippen LogP contribution in [0, 0.1) is 5.92 Å². The molecule has 0 aliphatic heterocycles. The molecule has 0 heterocycles. The zero-order chi connectivity index (χ0) is 11.5. The van der Waals surface area contributed by atoms with Gasteiger partial charge in [0.2, 0.25) is 0 Å². The van der Waals surface area contributed by atoms with Crippen molar-refractivity contribution >= 4 is 5.91 Å². The van der Waals surface area contributed by atoms with Crippen LogP contribution in [0.5, 0.6) is 0 Å². The third kappa shape index (κ3) is 3.29. The molecule has 0 aromatic heterocycles. The van der Waals surface area contributed by atoms with Gasteiger partial charge < -0.3 is 10.0 Å². The summed E-state index contributed by atoms with van der Waals surface area (Å²) in [5.74, 6) is -0.188. The van der Waals surface area contributed by atoms with Crippen LogP contribution in [0.4, 0.5) is 0 Å². The molecular weight excluding hydrogens is 178 g/mol. The normalized spacial score (nSPS) is 13.9. The van der Waals surface area contributed by atoms with Gasteiger partial charge in [-0.1, -0.05) is 13.8 Å². The Labute approximate surface area is 87.1 Å². The summed E-state index contributed by atoms with van der Waals surface area (Å²) in [6.07, 6.45) is -0.875. The lowest BCUT2D eigenvalue weighted by molar-refractivity contribution is -0.146. The Morgan fingerprint density at radius 2 is 1.36 bits per heavy atom. The van der Waals surface area contributed by atoms with Crippen LogP contribution in [0.3, 0.4) is 0 Å². The quantitative estimate of drug-likeness (QED) is 0.751. The monoisotopic (exact) mass is 201 g/mol. The van der Waals surface area contributed by atoms with E-state index in [0.717, 1.165) is 0 Å². The predicted molar refractivity (Wildman–Crippen MR) is 58.0 cm³/mol. The molecule has 0 aromatic rings. The van der Waals surface area contributed by atoms with Gasteiger partial charge >= 0.3 is 0 Å². The Bertz CT molecular complexity index is 180. The maximum Gasteiger partial charge on any atom is 0.252 e. The number of carbonyl (C=O) groups excluding carboxylic acids is 1. The smallest absolute Gasteiger partial charge is 0.252 e. The molecule has 0 fully saturated rings. The van der Waals surface area contributed by atoms with Crippen LogP contribution in [0.15, 0.2) is 0 Å². The molecule has 0 saturated heterocycles. The van der Waals surface area contributed by atoms with Gasteiger partial charge in [-0.25, -0.2) is 0 Å². The number of carbonyl (C=O) groups is 1. The number of aliphatic hydroxyl groups is 1. The summed E-state index contributed by atoms with van der Waals surface area (Å²) in [6.45, 7) is 11.6. The topological polar surface area (TPSA) is 40.5 Å². The van der Waals surface area contributed by atoms with Crippen molar-refractivity contribution in [3.05, 3.63) is 0 Å². The fourth-order valence-corrected chi connectivity index (χ4v) is 1.54. The Balaban J connectivity index is 4.60. The van der Waals surface area contributed by atoms with Crippen LogP contribution in [-0.2, 0) is 4.79 Å². The summed E-state index contributed by atoms with van der Waals surface area (Å²) in [6, 6.07) is 0.270. The van der Waals surface area contributed by atoms with E-state index in [0.29, 0.717) is 0 Å². The van der Waals surface area contributed by atoms with Gasteiger partial charge in [0.05, 0.1) is 0 Å². The van der Waals surface area contributed by atoms with Crippen molar-refractivity contribution < 1.29 is 9.90 Å². The summed E-state index contributed by atoms with van der Waals surface area (Å²) in [4.78, 5) is 13.6. The second-order valence-electron chi connectivity index (χ2n) is 4.62. The molecular formula is C11H23NO2. The first kappa shape index (κ1) is 13.4. The summed E-state index contributed by atoms with van der Waals surface area (Å²) in [5, 5.41) is 9.67. The molecule has 1 amide bonds. The average molecular weight is 201 g/mol. The lowest BCUT2D eigenvalue weighted by Gasteiger charge is -2.33. The molecule has 14 heavy (non-hydrogen) atoms. The van der Waals surface area contributed by atoms with E-state index in [1.807, 2.05) is 41.5 Å². The number of amides is 1. The van der Waals surface area contributed by atoms with Crippen molar-refractivity contribution in [1.82, 2.24) is 4.90 Å². The van der Waals surface area contributed by atoms with E-state index in [-0.39, 0.29) is 23.9 Å². The third-order valence-electron chi connectivity index (χ3n) is 2.25. The Kier molecular flexibility index (Phi) is 5.13. The number of hydrogen-bond acceptors (Lipinski definition) is 2.